The summed E-state index contributed by atoms with van der Waals surface area (Å²) in [6.07, 6.45) is 7.10. The lowest BCUT2D eigenvalue weighted by Gasteiger charge is -2.32. The summed E-state index contributed by atoms with van der Waals surface area (Å²) in [5.74, 6) is 2.63. The minimum atomic E-state index is -3.49. The first-order valence-electron chi connectivity index (χ1n) is 8.19. The normalized spacial score (nSPS) is 18.2. The van der Waals surface area contributed by atoms with Crippen molar-refractivity contribution in [3.63, 3.8) is 0 Å². The van der Waals surface area contributed by atoms with Gasteiger partial charge in [-0.3, -0.25) is 4.79 Å². The molecule has 2 rings (SSSR count). The van der Waals surface area contributed by atoms with Gasteiger partial charge >= 0.3 is 0 Å². The fourth-order valence-corrected chi connectivity index (χ4v) is 3.73. The fourth-order valence-electron chi connectivity index (χ4n) is 2.83. The van der Waals surface area contributed by atoms with Crippen LogP contribution < -0.4 is 0 Å². The van der Waals surface area contributed by atoms with Crippen molar-refractivity contribution in [1.82, 2.24) is 9.21 Å². The zero-order chi connectivity index (χ0) is 18.4. The highest BCUT2D eigenvalue weighted by Crippen LogP contribution is 2.20. The molecule has 1 aliphatic heterocycles. The molecule has 1 atom stereocenters. The van der Waals surface area contributed by atoms with Crippen LogP contribution in [0, 0.1) is 18.3 Å². The number of hydrogen-bond acceptors (Lipinski definition) is 4. The molecule has 136 valence electrons. The predicted octanol–water partition coefficient (Wildman–Crippen LogP) is 1.44. The molecular formula is C18H24N2O4S. The van der Waals surface area contributed by atoms with Gasteiger partial charge in [-0.1, -0.05) is 5.92 Å². The molecule has 1 saturated heterocycles. The molecule has 1 fully saturated rings. The lowest BCUT2D eigenvalue weighted by atomic mass is 9.98. The van der Waals surface area contributed by atoms with Crippen LogP contribution in [0.1, 0.15) is 23.2 Å². The summed E-state index contributed by atoms with van der Waals surface area (Å²) in [5.41, 5.74) is 0.489. The van der Waals surface area contributed by atoms with Crippen molar-refractivity contribution >= 4 is 15.9 Å². The Morgan fingerprint density at radius 3 is 2.64 bits per heavy atom. The molecule has 6 nitrogen and oxygen atoms in total. The summed E-state index contributed by atoms with van der Waals surface area (Å²) in [6, 6.07) is 6.08. The van der Waals surface area contributed by atoms with Crippen molar-refractivity contribution in [2.75, 3.05) is 40.4 Å². The Bertz CT molecular complexity index is 735. The average Bonchev–Trinajstić information content (AvgIpc) is 2.61. The second-order valence-electron chi connectivity index (χ2n) is 6.29. The molecule has 1 unspecified atom stereocenters. The van der Waals surface area contributed by atoms with Gasteiger partial charge in [-0.05, 0) is 37.1 Å². The molecule has 1 aromatic rings. The summed E-state index contributed by atoms with van der Waals surface area (Å²) < 4.78 is 30.7. The van der Waals surface area contributed by atoms with Crippen molar-refractivity contribution in [1.29, 1.82) is 0 Å². The van der Waals surface area contributed by atoms with Crippen molar-refractivity contribution in [3.8, 4) is 12.3 Å². The zero-order valence-electron chi connectivity index (χ0n) is 14.6. The molecular weight excluding hydrogens is 340 g/mol. The highest BCUT2D eigenvalue weighted by Gasteiger charge is 2.25. The summed E-state index contributed by atoms with van der Waals surface area (Å²) in [6.45, 7) is 2.16. The topological polar surface area (TPSA) is 66.9 Å². The number of likely N-dealkylation sites (tertiary alicyclic amines) is 1. The lowest BCUT2D eigenvalue weighted by Crippen LogP contribution is -2.41. The van der Waals surface area contributed by atoms with Gasteiger partial charge in [-0.2, -0.15) is 0 Å². The first-order valence-corrected chi connectivity index (χ1v) is 9.63. The van der Waals surface area contributed by atoms with Crippen LogP contribution in [0.4, 0.5) is 0 Å². The summed E-state index contributed by atoms with van der Waals surface area (Å²) >= 11 is 0. The van der Waals surface area contributed by atoms with E-state index in [9.17, 15) is 13.2 Å². The summed E-state index contributed by atoms with van der Waals surface area (Å²) in [5, 5.41) is 0. The van der Waals surface area contributed by atoms with Crippen molar-refractivity contribution in [2.45, 2.75) is 17.7 Å². The molecule has 0 N–H and O–H groups in total. The molecule has 0 bridgehead atoms. The lowest BCUT2D eigenvalue weighted by molar-refractivity contribution is 0.0534. The van der Waals surface area contributed by atoms with Crippen LogP contribution in [-0.4, -0.2) is 63.9 Å². The molecule has 25 heavy (non-hydrogen) atoms. The van der Waals surface area contributed by atoms with Gasteiger partial charge in [0, 0.05) is 38.7 Å². The first kappa shape index (κ1) is 19.4. The molecule has 0 aromatic heterocycles. The van der Waals surface area contributed by atoms with E-state index in [2.05, 4.69) is 5.92 Å². The maximum absolute atomic E-state index is 12.7. The van der Waals surface area contributed by atoms with Crippen LogP contribution in [0.2, 0.25) is 0 Å². The number of ether oxygens (including phenoxy) is 1. The molecule has 0 radical (unpaired) electrons. The predicted molar refractivity (Wildman–Crippen MR) is 95.6 cm³/mol. The maximum Gasteiger partial charge on any atom is 0.253 e. The van der Waals surface area contributed by atoms with Gasteiger partial charge in [0.05, 0.1) is 11.5 Å². The fraction of sp³-hybridized carbons (Fsp3) is 0.500. The number of nitrogens with zero attached hydrogens (tertiary/aromatic N) is 2. The SMILES string of the molecule is C#CCOCC1CCCN(C(=O)c2ccc(S(=O)(=O)N(C)C)cc2)C1. The molecule has 1 aliphatic rings. The van der Waals surface area contributed by atoms with E-state index in [1.807, 2.05) is 0 Å². The number of benzene rings is 1. The average molecular weight is 364 g/mol. The van der Waals surface area contributed by atoms with Crippen LogP contribution in [0.3, 0.4) is 0 Å². The Morgan fingerprint density at radius 1 is 1.36 bits per heavy atom. The molecule has 0 spiro atoms. The van der Waals surface area contributed by atoms with Gasteiger partial charge in [-0.15, -0.1) is 6.42 Å². The number of hydrogen-bond donors (Lipinski definition) is 0. The first-order chi connectivity index (χ1) is 11.9. The molecule has 1 aromatic carbocycles. The Morgan fingerprint density at radius 2 is 2.04 bits per heavy atom. The Kier molecular flexibility index (Phi) is 6.59. The van der Waals surface area contributed by atoms with E-state index in [0.29, 0.717) is 25.3 Å². The Labute approximate surface area is 149 Å². The van der Waals surface area contributed by atoms with E-state index >= 15 is 0 Å². The smallest absolute Gasteiger partial charge is 0.253 e. The van der Waals surface area contributed by atoms with Gasteiger partial charge in [0.25, 0.3) is 5.91 Å². The molecule has 1 heterocycles. The highest BCUT2D eigenvalue weighted by molar-refractivity contribution is 7.89. The number of sulfonamides is 1. The number of piperidine rings is 1. The second kappa shape index (κ2) is 8.48. The van der Waals surface area contributed by atoms with Crippen LogP contribution >= 0.6 is 0 Å². The monoisotopic (exact) mass is 364 g/mol. The van der Waals surface area contributed by atoms with Gasteiger partial charge in [0.2, 0.25) is 10.0 Å². The number of amides is 1. The van der Waals surface area contributed by atoms with Crippen molar-refractivity contribution < 1.29 is 17.9 Å². The molecule has 0 aliphatic carbocycles. The van der Waals surface area contributed by atoms with E-state index in [1.165, 1.54) is 26.2 Å². The third-order valence-electron chi connectivity index (χ3n) is 4.22. The van der Waals surface area contributed by atoms with Crippen molar-refractivity contribution in [3.05, 3.63) is 29.8 Å². The Hall–Kier alpha value is -1.88. The van der Waals surface area contributed by atoms with Crippen molar-refractivity contribution in [2.24, 2.45) is 5.92 Å². The zero-order valence-corrected chi connectivity index (χ0v) is 15.5. The molecule has 1 amide bonds. The summed E-state index contributed by atoms with van der Waals surface area (Å²) in [7, 11) is -0.537. The summed E-state index contributed by atoms with van der Waals surface area (Å²) in [4.78, 5) is 14.6. The van der Waals surface area contributed by atoms with Gasteiger partial charge in [-0.25, -0.2) is 12.7 Å². The largest absolute Gasteiger partial charge is 0.368 e. The minimum Gasteiger partial charge on any atom is -0.368 e. The van der Waals surface area contributed by atoms with Gasteiger partial charge < -0.3 is 9.64 Å². The number of terminal acetylenes is 1. The third-order valence-corrected chi connectivity index (χ3v) is 6.05. The number of carbonyl (C=O) groups is 1. The number of carbonyl (C=O) groups excluding carboxylic acids is 1. The number of rotatable bonds is 6. The minimum absolute atomic E-state index is 0.0875. The van der Waals surface area contributed by atoms with Crippen LogP contribution in [0.25, 0.3) is 0 Å². The van der Waals surface area contributed by atoms with E-state index in [0.717, 1.165) is 17.1 Å². The van der Waals surface area contributed by atoms with Crippen LogP contribution in [-0.2, 0) is 14.8 Å². The van der Waals surface area contributed by atoms with E-state index in [1.54, 1.807) is 17.0 Å². The van der Waals surface area contributed by atoms with E-state index in [4.69, 9.17) is 11.2 Å². The standard InChI is InChI=1S/C18H24N2O4S/c1-4-12-24-14-15-6-5-11-20(13-15)18(21)16-7-9-17(10-8-16)25(22,23)19(2)3/h1,7-10,15H,5-6,11-14H2,2-3H3. The highest BCUT2D eigenvalue weighted by atomic mass is 32.2. The maximum atomic E-state index is 12.7. The third kappa shape index (κ3) is 4.82. The van der Waals surface area contributed by atoms with E-state index < -0.39 is 10.0 Å². The molecule has 7 heteroatoms. The quantitative estimate of drug-likeness (QED) is 0.566. The van der Waals surface area contributed by atoms with Gasteiger partial charge in [0.1, 0.15) is 6.61 Å². The van der Waals surface area contributed by atoms with Gasteiger partial charge in [0.15, 0.2) is 0 Å². The molecule has 0 saturated carbocycles. The van der Waals surface area contributed by atoms with Crippen LogP contribution in [0.15, 0.2) is 29.2 Å². The van der Waals surface area contributed by atoms with Crippen LogP contribution in [0.5, 0.6) is 0 Å². The van der Waals surface area contributed by atoms with E-state index in [-0.39, 0.29) is 23.3 Å². The second-order valence-corrected chi connectivity index (χ2v) is 8.44. The Balaban J connectivity index is 2.04.